The summed E-state index contributed by atoms with van der Waals surface area (Å²) in [5, 5.41) is 0. The van der Waals surface area contributed by atoms with Gasteiger partial charge in [0.15, 0.2) is 0 Å². The molecule has 1 nitrogen and oxygen atoms in total. The predicted molar refractivity (Wildman–Crippen MR) is 235 cm³/mol. The normalized spacial score (nSPS) is 26.8. The number of nitrogens with zero attached hydrogens (tertiary/aromatic N) is 1. The zero-order chi connectivity index (χ0) is 37.8. The van der Waals surface area contributed by atoms with Crippen LogP contribution in [0.25, 0.3) is 16.7 Å². The van der Waals surface area contributed by atoms with Gasteiger partial charge in [0, 0.05) is 33.2 Å². The molecule has 1 spiro atoms. The van der Waals surface area contributed by atoms with Crippen molar-refractivity contribution in [3.63, 3.8) is 0 Å². The Morgan fingerprint density at radius 1 is 0.782 bits per heavy atom. The van der Waals surface area contributed by atoms with Gasteiger partial charge in [0.1, 0.15) is 0 Å². The Kier molecular flexibility index (Phi) is 9.27. The summed E-state index contributed by atoms with van der Waals surface area (Å²) in [6.07, 6.45) is 25.8. The van der Waals surface area contributed by atoms with Crippen LogP contribution < -0.4 is 4.90 Å². The molecule has 5 aliphatic carbocycles. The van der Waals surface area contributed by atoms with Crippen LogP contribution in [0.5, 0.6) is 0 Å². The maximum absolute atomic E-state index is 4.77. The van der Waals surface area contributed by atoms with Crippen molar-refractivity contribution in [3.05, 3.63) is 173 Å². The zero-order valence-electron chi connectivity index (χ0n) is 33.7. The average Bonchev–Trinajstić information content (AvgIpc) is 3.49. The number of hydrogen-bond acceptors (Lipinski definition) is 1. The highest BCUT2D eigenvalue weighted by Crippen LogP contribution is 2.58. The zero-order valence-corrected chi connectivity index (χ0v) is 33.7. The Morgan fingerprint density at radius 3 is 2.27 bits per heavy atom. The van der Waals surface area contributed by atoms with Gasteiger partial charge in [-0.2, -0.15) is 0 Å². The van der Waals surface area contributed by atoms with Gasteiger partial charge in [0.2, 0.25) is 0 Å². The number of anilines is 2. The molecule has 4 aromatic carbocycles. The van der Waals surface area contributed by atoms with E-state index in [0.29, 0.717) is 5.92 Å². The highest BCUT2D eigenvalue weighted by Gasteiger charge is 2.46. The van der Waals surface area contributed by atoms with E-state index in [2.05, 4.69) is 160 Å². The smallest absolute Gasteiger partial charge is 0.0539 e. The minimum absolute atomic E-state index is 0.0361. The fourth-order valence-electron chi connectivity index (χ4n) is 11.6. The molecule has 4 aromatic rings. The summed E-state index contributed by atoms with van der Waals surface area (Å²) in [5.74, 6) is 1.29. The summed E-state index contributed by atoms with van der Waals surface area (Å²) in [4.78, 5) is 2.57. The maximum atomic E-state index is 4.77. The molecule has 4 unspecified atom stereocenters. The molecule has 0 saturated heterocycles. The van der Waals surface area contributed by atoms with Crippen LogP contribution >= 0.6 is 0 Å². The van der Waals surface area contributed by atoms with E-state index >= 15 is 0 Å². The molecule has 0 amide bonds. The van der Waals surface area contributed by atoms with Crippen LogP contribution in [0.15, 0.2) is 151 Å². The minimum Gasteiger partial charge on any atom is -0.310 e. The number of para-hydroxylation sites is 1. The quantitative estimate of drug-likeness (QED) is 0.172. The molecule has 5 aliphatic rings. The molecular formula is C54H59N. The van der Waals surface area contributed by atoms with Gasteiger partial charge in [0.05, 0.1) is 5.69 Å². The molecule has 0 heterocycles. The molecule has 0 aromatic heterocycles. The van der Waals surface area contributed by atoms with E-state index < -0.39 is 0 Å². The summed E-state index contributed by atoms with van der Waals surface area (Å²) in [6, 6.07) is 36.8. The SMILES string of the molecule is C=C1CC(CC)CC(C)C1(C)c1ccccc1C1(C)C=CC(N(c2ccc3c(c2)C2(CCCCC2)C2=C3C=CCC2)c2ccccc2-c2ccccc2)=CC1. The van der Waals surface area contributed by atoms with Crippen LogP contribution in [0, 0.1) is 11.8 Å². The molecule has 0 aliphatic heterocycles. The third-order valence-electron chi connectivity index (χ3n) is 15.0. The van der Waals surface area contributed by atoms with E-state index in [9.17, 15) is 0 Å². The lowest BCUT2D eigenvalue weighted by Gasteiger charge is -2.47. The molecule has 2 saturated carbocycles. The van der Waals surface area contributed by atoms with Crippen LogP contribution in [0.4, 0.5) is 11.4 Å². The van der Waals surface area contributed by atoms with Gasteiger partial charge in [-0.15, -0.1) is 0 Å². The second-order valence-electron chi connectivity index (χ2n) is 18.0. The van der Waals surface area contributed by atoms with Crippen molar-refractivity contribution in [1.29, 1.82) is 0 Å². The number of hydrogen-bond donors (Lipinski definition) is 0. The first-order valence-electron chi connectivity index (χ1n) is 21.4. The van der Waals surface area contributed by atoms with Gasteiger partial charge in [-0.1, -0.05) is 174 Å². The van der Waals surface area contributed by atoms with Crippen molar-refractivity contribution >= 4 is 16.9 Å². The lowest BCUT2D eigenvalue weighted by Crippen LogP contribution is -2.40. The summed E-state index contributed by atoms with van der Waals surface area (Å²) < 4.78 is 0. The Hall–Kier alpha value is -4.62. The lowest BCUT2D eigenvalue weighted by atomic mass is 9.56. The molecule has 55 heavy (non-hydrogen) atoms. The van der Waals surface area contributed by atoms with E-state index in [4.69, 9.17) is 6.58 Å². The van der Waals surface area contributed by atoms with Crippen LogP contribution in [0.3, 0.4) is 0 Å². The first kappa shape index (κ1) is 36.0. The molecule has 280 valence electrons. The van der Waals surface area contributed by atoms with Crippen LogP contribution in [0.2, 0.25) is 0 Å². The first-order chi connectivity index (χ1) is 26.8. The molecule has 2 fully saturated rings. The molecular weight excluding hydrogens is 663 g/mol. The van der Waals surface area contributed by atoms with Gasteiger partial charge >= 0.3 is 0 Å². The topological polar surface area (TPSA) is 3.24 Å². The Bertz CT molecular complexity index is 2240. The maximum Gasteiger partial charge on any atom is 0.0539 e. The van der Waals surface area contributed by atoms with Gasteiger partial charge in [-0.25, -0.2) is 0 Å². The fraction of sp³-hybridized carbons (Fsp3) is 0.370. The third-order valence-corrected chi connectivity index (χ3v) is 15.0. The van der Waals surface area contributed by atoms with Crippen LogP contribution in [-0.4, -0.2) is 0 Å². The van der Waals surface area contributed by atoms with Crippen LogP contribution in [0.1, 0.15) is 121 Å². The molecule has 9 rings (SSSR count). The van der Waals surface area contributed by atoms with Gasteiger partial charge in [-0.3, -0.25) is 0 Å². The van der Waals surface area contributed by atoms with E-state index in [0.717, 1.165) is 18.8 Å². The van der Waals surface area contributed by atoms with Gasteiger partial charge < -0.3 is 4.90 Å². The first-order valence-corrected chi connectivity index (χ1v) is 21.4. The largest absolute Gasteiger partial charge is 0.310 e. The summed E-state index contributed by atoms with van der Waals surface area (Å²) >= 11 is 0. The minimum atomic E-state index is -0.130. The number of fused-ring (bicyclic) bond motifs is 4. The van der Waals surface area contributed by atoms with Gasteiger partial charge in [-0.05, 0) is 114 Å². The monoisotopic (exact) mass is 721 g/mol. The third kappa shape index (κ3) is 5.87. The average molecular weight is 722 g/mol. The summed E-state index contributed by atoms with van der Waals surface area (Å²) in [7, 11) is 0. The standard InChI is InChI=1S/C54H59N/c1-6-40-35-38(2)53(5,39(3)36-40)49-25-15-14-24-48(49)52(4)33-29-42(30-34-52)55(51-26-16-12-21-44(51)41-19-9-7-10-20-41)43-27-28-46-45-22-11-13-23-47(45)54(50(46)37-43)31-17-8-18-32-54/h7,9-12,14-16,19-22,24-30,33,37,39-40H,2,6,8,13,17-18,23,31-32,34-36H2,1,3-5H3. The molecule has 4 atom stereocenters. The Balaban J connectivity index is 1.15. The summed E-state index contributed by atoms with van der Waals surface area (Å²) in [6.45, 7) is 14.5. The highest BCUT2D eigenvalue weighted by molar-refractivity contribution is 5.90. The predicted octanol–water partition coefficient (Wildman–Crippen LogP) is 14.9. The van der Waals surface area contributed by atoms with Crippen molar-refractivity contribution in [3.8, 4) is 11.1 Å². The highest BCUT2D eigenvalue weighted by atomic mass is 15.1. The molecule has 0 N–H and O–H groups in total. The van der Waals surface area contributed by atoms with E-state index in [1.165, 1.54) is 114 Å². The lowest BCUT2D eigenvalue weighted by molar-refractivity contribution is 0.226. The van der Waals surface area contributed by atoms with Crippen molar-refractivity contribution < 1.29 is 0 Å². The number of rotatable bonds is 7. The second-order valence-corrected chi connectivity index (χ2v) is 18.0. The van der Waals surface area contributed by atoms with Crippen molar-refractivity contribution in [2.24, 2.45) is 11.8 Å². The van der Waals surface area contributed by atoms with Crippen LogP contribution in [-0.2, 0) is 16.2 Å². The molecule has 1 heteroatoms. The summed E-state index contributed by atoms with van der Waals surface area (Å²) in [5.41, 5.74) is 16.9. The fourth-order valence-corrected chi connectivity index (χ4v) is 11.6. The van der Waals surface area contributed by atoms with E-state index in [-0.39, 0.29) is 16.2 Å². The number of benzene rings is 4. The molecule has 0 radical (unpaired) electrons. The van der Waals surface area contributed by atoms with Crippen molar-refractivity contribution in [2.75, 3.05) is 4.90 Å². The van der Waals surface area contributed by atoms with E-state index in [1.54, 1.807) is 11.1 Å². The molecule has 0 bridgehead atoms. The number of allylic oxidation sites excluding steroid dienone is 8. The van der Waals surface area contributed by atoms with E-state index in [1.807, 2.05) is 0 Å². The Labute approximate surface area is 331 Å². The van der Waals surface area contributed by atoms with Crippen molar-refractivity contribution in [2.45, 2.75) is 115 Å². The van der Waals surface area contributed by atoms with Crippen molar-refractivity contribution in [1.82, 2.24) is 0 Å². The second kappa shape index (κ2) is 14.1. The van der Waals surface area contributed by atoms with Gasteiger partial charge in [0.25, 0.3) is 0 Å². The Morgan fingerprint density at radius 2 is 1.53 bits per heavy atom.